The normalized spacial score (nSPS) is 11.3. The average Bonchev–Trinajstić information content (AvgIpc) is 2.43. The number of carbonyl (C=O) groups is 1. The van der Waals surface area contributed by atoms with E-state index in [1.165, 1.54) is 12.1 Å². The van der Waals surface area contributed by atoms with Crippen LogP contribution in [0.2, 0.25) is 0 Å². The molecule has 0 aliphatic rings. The fourth-order valence-electron chi connectivity index (χ4n) is 1.92. The van der Waals surface area contributed by atoms with Crippen LogP contribution >= 0.6 is 0 Å². The quantitative estimate of drug-likeness (QED) is 0.855. The minimum absolute atomic E-state index is 0.107. The average molecular weight is 315 g/mol. The van der Waals surface area contributed by atoms with Gasteiger partial charge in [-0.15, -0.1) is 0 Å². The lowest BCUT2D eigenvalue weighted by Gasteiger charge is -2.12. The Hall–Kier alpha value is -2.44. The second-order valence-corrected chi connectivity index (χ2v) is 4.50. The van der Waals surface area contributed by atoms with E-state index < -0.39 is 34.8 Å². The molecule has 22 heavy (non-hydrogen) atoms. The monoisotopic (exact) mass is 315 g/mol. The van der Waals surface area contributed by atoms with E-state index >= 15 is 0 Å². The summed E-state index contributed by atoms with van der Waals surface area (Å²) in [6, 6.07) is 6.91. The lowest BCUT2D eigenvalue weighted by Crippen LogP contribution is -2.26. The van der Waals surface area contributed by atoms with E-state index in [1.54, 1.807) is 0 Å². The summed E-state index contributed by atoms with van der Waals surface area (Å²) >= 11 is 0. The molecule has 1 amide bonds. The zero-order valence-corrected chi connectivity index (χ0v) is 11.0. The van der Waals surface area contributed by atoms with Crippen LogP contribution in [-0.2, 0) is 12.7 Å². The van der Waals surface area contributed by atoms with Crippen LogP contribution in [-0.4, -0.2) is 5.91 Å². The van der Waals surface area contributed by atoms with Crippen molar-refractivity contribution >= 4 is 5.91 Å². The lowest BCUT2D eigenvalue weighted by molar-refractivity contribution is -0.137. The predicted octanol–water partition coefficient (Wildman–Crippen LogP) is 3.91. The van der Waals surface area contributed by atoms with Gasteiger partial charge in [-0.3, -0.25) is 4.79 Å². The van der Waals surface area contributed by atoms with E-state index in [2.05, 4.69) is 5.32 Å². The van der Waals surface area contributed by atoms with Crippen LogP contribution in [0, 0.1) is 11.6 Å². The molecule has 116 valence electrons. The Morgan fingerprint density at radius 1 is 1.00 bits per heavy atom. The van der Waals surface area contributed by atoms with Crippen molar-refractivity contribution in [3.63, 3.8) is 0 Å². The molecule has 2 aromatic carbocycles. The van der Waals surface area contributed by atoms with Crippen LogP contribution < -0.4 is 5.32 Å². The molecule has 2 nitrogen and oxygen atoms in total. The maximum absolute atomic E-state index is 13.0. The molecular weight excluding hydrogens is 305 g/mol. The molecule has 0 aliphatic carbocycles. The zero-order chi connectivity index (χ0) is 16.3. The van der Waals surface area contributed by atoms with Gasteiger partial charge in [0.25, 0.3) is 5.91 Å². The van der Waals surface area contributed by atoms with Gasteiger partial charge in [0.05, 0.1) is 11.1 Å². The third-order valence-electron chi connectivity index (χ3n) is 2.85. The number of alkyl halides is 3. The van der Waals surface area contributed by atoms with Gasteiger partial charge in [0.1, 0.15) is 11.6 Å². The first kappa shape index (κ1) is 15.9. The SMILES string of the molecule is O=C(NCc1cc(F)cc(F)c1)c1ccccc1C(F)(F)F. The largest absolute Gasteiger partial charge is 0.417 e. The van der Waals surface area contributed by atoms with Crippen LogP contribution in [0.5, 0.6) is 0 Å². The molecule has 7 heteroatoms. The number of carbonyl (C=O) groups excluding carboxylic acids is 1. The van der Waals surface area contributed by atoms with Crippen molar-refractivity contribution in [1.29, 1.82) is 0 Å². The summed E-state index contributed by atoms with van der Waals surface area (Å²) in [5.41, 5.74) is -1.51. The second-order valence-electron chi connectivity index (χ2n) is 4.50. The second kappa shape index (κ2) is 6.13. The maximum atomic E-state index is 13.0. The summed E-state index contributed by atoms with van der Waals surface area (Å²) in [5, 5.41) is 2.21. The van der Waals surface area contributed by atoms with Crippen molar-refractivity contribution in [3.05, 3.63) is 70.8 Å². The van der Waals surface area contributed by atoms with Gasteiger partial charge in [-0.2, -0.15) is 13.2 Å². The molecule has 0 heterocycles. The molecule has 0 bridgehead atoms. The molecular formula is C15H10F5NO. The summed E-state index contributed by atoms with van der Waals surface area (Å²) in [6.45, 7) is -0.292. The van der Waals surface area contributed by atoms with E-state index in [-0.39, 0.29) is 12.1 Å². The Morgan fingerprint density at radius 2 is 1.59 bits per heavy atom. The number of hydrogen-bond acceptors (Lipinski definition) is 1. The molecule has 2 aromatic rings. The molecule has 0 spiro atoms. The highest BCUT2D eigenvalue weighted by Gasteiger charge is 2.34. The van der Waals surface area contributed by atoms with Crippen LogP contribution in [0.15, 0.2) is 42.5 Å². The Balaban J connectivity index is 2.17. The first-order valence-corrected chi connectivity index (χ1v) is 6.17. The fourth-order valence-corrected chi connectivity index (χ4v) is 1.92. The standard InChI is InChI=1S/C15H10F5NO/c16-10-5-9(6-11(17)7-10)8-21-14(22)12-3-1-2-4-13(12)15(18,19)20/h1-7H,8H2,(H,21,22). The van der Waals surface area contributed by atoms with E-state index in [0.717, 1.165) is 24.3 Å². The molecule has 0 unspecified atom stereocenters. The topological polar surface area (TPSA) is 29.1 Å². The maximum Gasteiger partial charge on any atom is 0.417 e. The Kier molecular flexibility index (Phi) is 4.44. The molecule has 0 fully saturated rings. The van der Waals surface area contributed by atoms with E-state index in [4.69, 9.17) is 0 Å². The van der Waals surface area contributed by atoms with Crippen LogP contribution in [0.25, 0.3) is 0 Å². The highest BCUT2D eigenvalue weighted by atomic mass is 19.4. The number of nitrogens with one attached hydrogen (secondary N) is 1. The fraction of sp³-hybridized carbons (Fsp3) is 0.133. The van der Waals surface area contributed by atoms with Gasteiger partial charge in [-0.1, -0.05) is 12.1 Å². The van der Waals surface area contributed by atoms with Gasteiger partial charge in [0.15, 0.2) is 0 Å². The highest BCUT2D eigenvalue weighted by Crippen LogP contribution is 2.31. The van der Waals surface area contributed by atoms with Gasteiger partial charge in [-0.05, 0) is 29.8 Å². The molecule has 0 atom stereocenters. The van der Waals surface area contributed by atoms with E-state index in [0.29, 0.717) is 6.07 Å². The Labute approximate surface area is 122 Å². The molecule has 0 aliphatic heterocycles. The van der Waals surface area contributed by atoms with Crippen LogP contribution in [0.4, 0.5) is 22.0 Å². The van der Waals surface area contributed by atoms with Crippen molar-refractivity contribution < 1.29 is 26.7 Å². The molecule has 1 N–H and O–H groups in total. The minimum atomic E-state index is -4.67. The molecule has 0 radical (unpaired) electrons. The van der Waals surface area contributed by atoms with Gasteiger partial charge in [0.2, 0.25) is 0 Å². The molecule has 2 rings (SSSR count). The number of amides is 1. The van der Waals surface area contributed by atoms with Crippen molar-refractivity contribution in [2.75, 3.05) is 0 Å². The summed E-state index contributed by atoms with van der Waals surface area (Å²) in [5.74, 6) is -2.64. The van der Waals surface area contributed by atoms with E-state index in [1.807, 2.05) is 0 Å². The van der Waals surface area contributed by atoms with Gasteiger partial charge in [-0.25, -0.2) is 8.78 Å². The van der Waals surface area contributed by atoms with Gasteiger partial charge >= 0.3 is 6.18 Å². The smallest absolute Gasteiger partial charge is 0.348 e. The minimum Gasteiger partial charge on any atom is -0.348 e. The molecule has 0 aromatic heterocycles. The van der Waals surface area contributed by atoms with Crippen molar-refractivity contribution in [2.24, 2.45) is 0 Å². The third-order valence-corrected chi connectivity index (χ3v) is 2.85. The Morgan fingerprint density at radius 3 is 2.18 bits per heavy atom. The summed E-state index contributed by atoms with van der Waals surface area (Å²) < 4.78 is 64.4. The predicted molar refractivity (Wildman–Crippen MR) is 69.0 cm³/mol. The number of benzene rings is 2. The van der Waals surface area contributed by atoms with Crippen LogP contribution in [0.3, 0.4) is 0 Å². The molecule has 0 saturated carbocycles. The van der Waals surface area contributed by atoms with Crippen LogP contribution in [0.1, 0.15) is 21.5 Å². The zero-order valence-electron chi connectivity index (χ0n) is 11.0. The summed E-state index contributed by atoms with van der Waals surface area (Å²) in [4.78, 5) is 11.9. The lowest BCUT2D eigenvalue weighted by atomic mass is 10.1. The van der Waals surface area contributed by atoms with Gasteiger partial charge in [0, 0.05) is 12.6 Å². The summed E-state index contributed by atoms with van der Waals surface area (Å²) in [6.07, 6.45) is -4.67. The van der Waals surface area contributed by atoms with Crippen molar-refractivity contribution in [1.82, 2.24) is 5.32 Å². The first-order valence-electron chi connectivity index (χ1n) is 6.17. The third kappa shape index (κ3) is 3.81. The Bertz CT molecular complexity index is 676. The number of rotatable bonds is 3. The van der Waals surface area contributed by atoms with Crippen molar-refractivity contribution in [2.45, 2.75) is 12.7 Å². The number of halogens is 5. The molecule has 0 saturated heterocycles. The summed E-state index contributed by atoms with van der Waals surface area (Å²) in [7, 11) is 0. The first-order chi connectivity index (χ1) is 10.3. The van der Waals surface area contributed by atoms with E-state index in [9.17, 15) is 26.7 Å². The highest BCUT2D eigenvalue weighted by molar-refractivity contribution is 5.95. The number of hydrogen-bond donors (Lipinski definition) is 1. The van der Waals surface area contributed by atoms with Gasteiger partial charge < -0.3 is 5.32 Å². The van der Waals surface area contributed by atoms with Crippen molar-refractivity contribution in [3.8, 4) is 0 Å².